The number of rotatable bonds is 30. The van der Waals surface area contributed by atoms with Crippen LogP contribution in [0, 0.1) is 0 Å². The number of hydrogen-bond donors (Lipinski definition) is 9. The predicted molar refractivity (Wildman–Crippen MR) is 305 cm³/mol. The van der Waals surface area contributed by atoms with Crippen LogP contribution in [0.15, 0.2) is 54.6 Å². The Hall–Kier alpha value is -5.06. The number of ketones is 1. The van der Waals surface area contributed by atoms with E-state index in [1.165, 1.54) is 55.5 Å². The summed E-state index contributed by atoms with van der Waals surface area (Å²) >= 11 is 0. The minimum atomic E-state index is -0.885. The largest absolute Gasteiger partial charge is 0.507 e. The number of Topliss-reactive ketones (excluding diaryl/α,β-unsaturated/α-hetero) is 1. The number of hydrogen-bond acceptors (Lipinski definition) is 19. The van der Waals surface area contributed by atoms with Crippen LogP contribution in [0.5, 0.6) is 17.2 Å². The Morgan fingerprint density at radius 1 is 0.543 bits per heavy atom. The van der Waals surface area contributed by atoms with Gasteiger partial charge in [0, 0.05) is 18.4 Å². The van der Waals surface area contributed by atoms with Gasteiger partial charge in [-0.25, -0.2) is 9.59 Å². The van der Waals surface area contributed by atoms with Crippen LogP contribution in [0.4, 0.5) is 0 Å². The number of phenols is 3. The van der Waals surface area contributed by atoms with Gasteiger partial charge in [-0.05, 0) is 165 Å². The lowest BCUT2D eigenvalue weighted by atomic mass is 9.96. The van der Waals surface area contributed by atoms with Crippen LogP contribution < -0.4 is 0 Å². The summed E-state index contributed by atoms with van der Waals surface area (Å²) in [6.45, 7) is 13.3. The average molecular weight is 1150 g/mol. The van der Waals surface area contributed by atoms with Gasteiger partial charge >= 0.3 is 11.9 Å². The summed E-state index contributed by atoms with van der Waals surface area (Å²) in [5.41, 5.74) is 1.91. The molecule has 0 amide bonds. The molecule has 2 saturated heterocycles. The van der Waals surface area contributed by atoms with Gasteiger partial charge in [-0.15, -0.1) is 0 Å². The van der Waals surface area contributed by atoms with E-state index in [2.05, 4.69) is 6.92 Å². The molecule has 2 aliphatic heterocycles. The molecule has 3 aromatic rings. The maximum atomic E-state index is 12.3. The molecule has 12 unspecified atom stereocenters. The number of esters is 2. The van der Waals surface area contributed by atoms with Crippen molar-refractivity contribution in [2.24, 2.45) is 0 Å². The fraction of sp³-hybridized carbons (Fsp3) is 0.645. The van der Waals surface area contributed by atoms with Crippen LogP contribution in [0.2, 0.25) is 0 Å². The van der Waals surface area contributed by atoms with Crippen molar-refractivity contribution < 1.29 is 93.6 Å². The second-order valence-corrected chi connectivity index (χ2v) is 20.7. The van der Waals surface area contributed by atoms with E-state index in [-0.39, 0.29) is 80.1 Å². The van der Waals surface area contributed by atoms with Crippen LogP contribution in [0.1, 0.15) is 237 Å². The number of phenolic OH excluding ortho intramolecular Hbond substituents is 3. The Morgan fingerprint density at radius 2 is 1.00 bits per heavy atom. The third kappa shape index (κ3) is 26.0. The van der Waals surface area contributed by atoms with Crippen molar-refractivity contribution in [1.82, 2.24) is 0 Å². The number of aliphatic hydroxyl groups is 6. The van der Waals surface area contributed by atoms with E-state index in [4.69, 9.17) is 33.5 Å². The third-order valence-corrected chi connectivity index (χ3v) is 13.9. The van der Waals surface area contributed by atoms with E-state index >= 15 is 0 Å². The van der Waals surface area contributed by atoms with Gasteiger partial charge in [0.05, 0.1) is 102 Å². The molecule has 0 spiro atoms. The van der Waals surface area contributed by atoms with Crippen molar-refractivity contribution in [2.75, 3.05) is 13.2 Å². The van der Waals surface area contributed by atoms with Gasteiger partial charge in [0.25, 0.3) is 0 Å². The molecule has 0 radical (unpaired) electrons. The van der Waals surface area contributed by atoms with Gasteiger partial charge in [-0.1, -0.05) is 48.0 Å². The minimum absolute atomic E-state index is 0. The first kappa shape index (κ1) is 72.0. The molecule has 0 aromatic heterocycles. The molecule has 2 fully saturated rings. The molecule has 0 bridgehead atoms. The highest BCUT2D eigenvalue weighted by Gasteiger charge is 2.35. The second-order valence-electron chi connectivity index (χ2n) is 20.7. The number of aliphatic hydroxyl groups excluding tert-OH is 6. The maximum Gasteiger partial charge on any atom is 0.338 e. The normalized spacial score (nSPS) is 21.0. The average Bonchev–Trinajstić information content (AvgIpc) is 3.41. The molecule has 458 valence electrons. The Labute approximate surface area is 479 Å². The Kier molecular flexibility index (Phi) is 34.4. The van der Waals surface area contributed by atoms with E-state index in [9.17, 15) is 60.0 Å². The molecule has 19 heteroatoms. The van der Waals surface area contributed by atoms with Crippen molar-refractivity contribution in [3.8, 4) is 17.2 Å². The Bertz CT molecular complexity index is 2290. The van der Waals surface area contributed by atoms with E-state index in [0.29, 0.717) is 118 Å². The smallest absolute Gasteiger partial charge is 0.338 e. The van der Waals surface area contributed by atoms with Crippen LogP contribution in [-0.4, -0.2) is 144 Å². The molecule has 3 aromatic carbocycles. The van der Waals surface area contributed by atoms with Gasteiger partial charge in [0.2, 0.25) is 0 Å². The first-order chi connectivity index (χ1) is 38.2. The minimum Gasteiger partial charge on any atom is -0.507 e. The van der Waals surface area contributed by atoms with Gasteiger partial charge in [0.15, 0.2) is 24.6 Å². The van der Waals surface area contributed by atoms with Crippen molar-refractivity contribution in [1.29, 1.82) is 0 Å². The molecule has 2 heterocycles. The molecule has 5 rings (SSSR count). The molecule has 0 aliphatic carbocycles. The van der Waals surface area contributed by atoms with Crippen LogP contribution >= 0.6 is 0 Å². The number of aldehydes is 1. The molecule has 0 saturated carbocycles. The van der Waals surface area contributed by atoms with Crippen molar-refractivity contribution in [3.05, 3.63) is 88.0 Å². The van der Waals surface area contributed by atoms with E-state index in [0.717, 1.165) is 25.7 Å². The highest BCUT2D eigenvalue weighted by atomic mass is 16.7. The van der Waals surface area contributed by atoms with Gasteiger partial charge in [-0.3, -0.25) is 9.59 Å². The highest BCUT2D eigenvalue weighted by Crippen LogP contribution is 2.40. The summed E-state index contributed by atoms with van der Waals surface area (Å²) in [6.07, 6.45) is 5.51. The SMILES string of the molecule is C.CC(=O)c1ccc(O)c(C=O)c1.CCCC(O)CC(O)CC(O)CCCC(O)CC(O)CC.CCCC1CC(CC(O)CCCC2CC(CC)OC(c3cc(C(=O)OCC)ccc3O)O2)OC(c2cc(C(=O)OCC)ccc2O)O1. The highest BCUT2D eigenvalue weighted by molar-refractivity contribution is 5.96. The first-order valence-corrected chi connectivity index (χ1v) is 28.7. The van der Waals surface area contributed by atoms with Gasteiger partial charge < -0.3 is 74.4 Å². The number of ether oxygens (including phenoxy) is 6. The first-order valence-electron chi connectivity index (χ1n) is 28.7. The van der Waals surface area contributed by atoms with E-state index < -0.39 is 61.1 Å². The summed E-state index contributed by atoms with van der Waals surface area (Å²) in [7, 11) is 0. The molecule has 2 aliphatic rings. The predicted octanol–water partition coefficient (Wildman–Crippen LogP) is 10.0. The zero-order valence-electron chi connectivity index (χ0n) is 48.0. The molecule has 19 nitrogen and oxygen atoms in total. The zero-order chi connectivity index (χ0) is 59.3. The summed E-state index contributed by atoms with van der Waals surface area (Å²) < 4.78 is 35.0. The topological polar surface area (TPSA) is 306 Å². The van der Waals surface area contributed by atoms with Crippen molar-refractivity contribution in [2.45, 2.75) is 245 Å². The summed E-state index contributed by atoms with van der Waals surface area (Å²) in [6, 6.07) is 13.2. The van der Waals surface area contributed by atoms with E-state index in [1.54, 1.807) is 19.9 Å². The summed E-state index contributed by atoms with van der Waals surface area (Å²) in [5, 5.41) is 89.6. The molecular formula is C62H96O19. The molecule has 9 N–H and O–H groups in total. The monoisotopic (exact) mass is 1140 g/mol. The lowest BCUT2D eigenvalue weighted by Gasteiger charge is -2.37. The summed E-state index contributed by atoms with van der Waals surface area (Å²) in [5.74, 6) is -1.27. The number of aromatic hydroxyl groups is 3. The molecule has 12 atom stereocenters. The fourth-order valence-electron chi connectivity index (χ4n) is 9.49. The van der Waals surface area contributed by atoms with Gasteiger partial charge in [-0.2, -0.15) is 0 Å². The zero-order valence-corrected chi connectivity index (χ0v) is 48.0. The van der Waals surface area contributed by atoms with Gasteiger partial charge in [0.1, 0.15) is 17.2 Å². The van der Waals surface area contributed by atoms with Crippen molar-refractivity contribution in [3.63, 3.8) is 0 Å². The van der Waals surface area contributed by atoms with Crippen LogP contribution in [0.25, 0.3) is 0 Å². The number of carbonyl (C=O) groups is 4. The van der Waals surface area contributed by atoms with Crippen LogP contribution in [0.3, 0.4) is 0 Å². The third-order valence-electron chi connectivity index (χ3n) is 13.9. The lowest BCUT2D eigenvalue weighted by Crippen LogP contribution is -2.36. The second kappa shape index (κ2) is 38.7. The maximum absolute atomic E-state index is 12.3. The van der Waals surface area contributed by atoms with Crippen LogP contribution in [-0.2, 0) is 28.4 Å². The fourth-order valence-corrected chi connectivity index (χ4v) is 9.49. The van der Waals surface area contributed by atoms with E-state index in [1.807, 2.05) is 20.8 Å². The summed E-state index contributed by atoms with van der Waals surface area (Å²) in [4.78, 5) is 45.8. The quantitative estimate of drug-likeness (QED) is 0.0170. The number of benzene rings is 3. The Balaban J connectivity index is 0.000000541. The molecule has 81 heavy (non-hydrogen) atoms. The standard InChI is InChI=1S/C36H50O11.C16H34O5.C9H8O3.CH4/c1-5-10-26-21-28(47-36(45-26)30-18-23(14-16-32(30)39)34(41)43-8-4)19-24(37)11-9-12-27-20-25(6-2)44-35(46-27)29-17-22(13-15-31(29)38)33(40)42-7-3;1-3-6-13(18)10-16(21)11-15(20)8-5-7-14(19)9-12(17)4-2;1-6(11)7-2-3-9(12)8(4-7)5-10;/h13-18,24-28,35-39H,5-12,19-21H2,1-4H3;12-21H,3-11H2,1-2H3;2-5,12H,1H3;1H4. The Morgan fingerprint density at radius 3 is 1.48 bits per heavy atom. The van der Waals surface area contributed by atoms with Crippen molar-refractivity contribution >= 4 is 24.0 Å². The molecular weight excluding hydrogens is 1050 g/mol. The number of carbonyl (C=O) groups excluding carboxylic acids is 4. The lowest BCUT2D eigenvalue weighted by molar-refractivity contribution is -0.254.